The minimum atomic E-state index is -1.74. The van der Waals surface area contributed by atoms with Crippen LogP contribution in [0.5, 0.6) is 0 Å². The number of aliphatic imine (C=N–C) groups is 1. The highest BCUT2D eigenvalue weighted by Crippen LogP contribution is 2.29. The lowest BCUT2D eigenvalue weighted by Crippen LogP contribution is -2.66. The van der Waals surface area contributed by atoms with E-state index in [-0.39, 0.29) is 24.3 Å². The van der Waals surface area contributed by atoms with E-state index in [4.69, 9.17) is 26.0 Å². The van der Waals surface area contributed by atoms with E-state index in [1.807, 2.05) is 0 Å². The van der Waals surface area contributed by atoms with Gasteiger partial charge >= 0.3 is 5.97 Å². The third kappa shape index (κ3) is 5.48. The molecule has 10 atom stereocenters. The molecule has 0 spiro atoms. The van der Waals surface area contributed by atoms with Crippen molar-refractivity contribution in [3.63, 3.8) is 0 Å². The molecule has 12 N–H and O–H groups in total. The van der Waals surface area contributed by atoms with E-state index in [0.29, 0.717) is 0 Å². The van der Waals surface area contributed by atoms with Crippen LogP contribution in [-0.2, 0) is 14.3 Å². The fourth-order valence-corrected chi connectivity index (χ4v) is 3.02. The Morgan fingerprint density at radius 2 is 1.54 bits per heavy atom. The van der Waals surface area contributed by atoms with Crippen molar-refractivity contribution in [2.75, 3.05) is 0 Å². The van der Waals surface area contributed by atoms with Crippen LogP contribution in [0.15, 0.2) is 4.99 Å². The van der Waals surface area contributed by atoms with Gasteiger partial charge in [0.05, 0.1) is 18.2 Å². The van der Waals surface area contributed by atoms with Gasteiger partial charge in [0, 0.05) is 0 Å². The number of nitrogens with two attached hydrogens (primary N) is 2. The summed E-state index contributed by atoms with van der Waals surface area (Å²) in [6, 6.07) is -1.46. The average molecular weight is 434 g/mol. The normalized spacial score (nSPS) is 44.2. The number of carboxylic acid groups (broad SMARTS) is 1. The second-order valence-corrected chi connectivity index (χ2v) is 6.55. The zero-order valence-corrected chi connectivity index (χ0v) is 15.7. The van der Waals surface area contributed by atoms with Crippen molar-refractivity contribution >= 4 is 24.2 Å². The maximum atomic E-state index is 10.8. The van der Waals surface area contributed by atoms with Crippen LogP contribution in [-0.4, -0.2) is 109 Å². The van der Waals surface area contributed by atoms with Gasteiger partial charge in [0.15, 0.2) is 6.29 Å². The molecule has 0 radical (unpaired) electrons. The monoisotopic (exact) mass is 433 g/mol. The molecule has 0 aromatic carbocycles. The van der Waals surface area contributed by atoms with E-state index in [1.54, 1.807) is 6.92 Å². The maximum Gasteiger partial charge on any atom is 0.370 e. The highest BCUT2D eigenvalue weighted by atomic mass is 35.5. The second kappa shape index (κ2) is 10.6. The highest BCUT2D eigenvalue weighted by molar-refractivity contribution is 6.33. The standard InChI is InChI=1S/C14H25N3O9.ClH.H2O/c1-3-5(17-12(16)13(23)24)2-4(15)14(25-3)26-11-9(21)7(19)6(18)8(20)10(11)22;;/h3-11,14,18-22H,2,15H2,1H3,(H2,16,17)(H,23,24);1H;1H2/t3-,4+,5+,6?,7+,8+,9-,10+,11?,14-;;/m1../s1. The van der Waals surface area contributed by atoms with Crippen molar-refractivity contribution in [3.8, 4) is 0 Å². The molecular formula is C14H28ClN3O10. The smallest absolute Gasteiger partial charge is 0.370 e. The summed E-state index contributed by atoms with van der Waals surface area (Å²) < 4.78 is 11.0. The zero-order valence-electron chi connectivity index (χ0n) is 14.9. The van der Waals surface area contributed by atoms with Gasteiger partial charge in [0.1, 0.15) is 36.6 Å². The lowest BCUT2D eigenvalue weighted by Gasteiger charge is -2.45. The molecule has 1 aliphatic carbocycles. The molecule has 2 aliphatic rings. The number of amidine groups is 1. The molecule has 2 fully saturated rings. The summed E-state index contributed by atoms with van der Waals surface area (Å²) in [5.74, 6) is -1.96. The van der Waals surface area contributed by atoms with Crippen molar-refractivity contribution in [1.29, 1.82) is 0 Å². The lowest BCUT2D eigenvalue weighted by atomic mass is 9.84. The van der Waals surface area contributed by atoms with Crippen LogP contribution in [0.25, 0.3) is 0 Å². The molecule has 13 nitrogen and oxygen atoms in total. The molecule has 1 saturated carbocycles. The van der Waals surface area contributed by atoms with Crippen LogP contribution < -0.4 is 11.5 Å². The molecule has 14 heteroatoms. The van der Waals surface area contributed by atoms with Gasteiger partial charge in [-0.2, -0.15) is 0 Å². The first-order valence-corrected chi connectivity index (χ1v) is 8.08. The van der Waals surface area contributed by atoms with Gasteiger partial charge in [0.25, 0.3) is 0 Å². The fourth-order valence-electron chi connectivity index (χ4n) is 3.02. The molecule has 1 heterocycles. The van der Waals surface area contributed by atoms with Crippen molar-refractivity contribution in [1.82, 2.24) is 0 Å². The van der Waals surface area contributed by atoms with Crippen LogP contribution >= 0.6 is 12.4 Å². The number of aliphatic hydroxyl groups excluding tert-OH is 5. The van der Waals surface area contributed by atoms with E-state index in [1.165, 1.54) is 0 Å². The average Bonchev–Trinajstić information content (AvgIpc) is 2.58. The van der Waals surface area contributed by atoms with Crippen molar-refractivity contribution in [2.24, 2.45) is 16.5 Å². The van der Waals surface area contributed by atoms with Crippen LogP contribution in [0.1, 0.15) is 13.3 Å². The summed E-state index contributed by atoms with van der Waals surface area (Å²) >= 11 is 0. The van der Waals surface area contributed by atoms with Gasteiger partial charge < -0.3 is 57.1 Å². The predicted molar refractivity (Wildman–Crippen MR) is 95.7 cm³/mol. The summed E-state index contributed by atoms with van der Waals surface area (Å²) in [7, 11) is 0. The summed E-state index contributed by atoms with van der Waals surface area (Å²) in [6.07, 6.45) is -11.7. The number of hydrogen-bond acceptors (Lipinski definition) is 10. The van der Waals surface area contributed by atoms with E-state index < -0.39 is 72.9 Å². The first-order chi connectivity index (χ1) is 12.0. The third-order valence-corrected chi connectivity index (χ3v) is 4.64. The molecule has 0 bridgehead atoms. The summed E-state index contributed by atoms with van der Waals surface area (Å²) in [5.41, 5.74) is 11.2. The molecular weight excluding hydrogens is 406 g/mol. The Morgan fingerprint density at radius 1 is 1.07 bits per heavy atom. The van der Waals surface area contributed by atoms with E-state index in [9.17, 15) is 30.3 Å². The number of carboxylic acids is 1. The Hall–Kier alpha value is -1.13. The minimum Gasteiger partial charge on any atom is -0.475 e. The second-order valence-electron chi connectivity index (χ2n) is 6.55. The van der Waals surface area contributed by atoms with Gasteiger partial charge in [-0.25, -0.2) is 4.79 Å². The van der Waals surface area contributed by atoms with Crippen LogP contribution in [0.3, 0.4) is 0 Å². The van der Waals surface area contributed by atoms with Gasteiger partial charge in [-0.1, -0.05) is 0 Å². The van der Waals surface area contributed by atoms with E-state index in [0.717, 1.165) is 0 Å². The number of halogens is 1. The van der Waals surface area contributed by atoms with Crippen molar-refractivity contribution in [2.45, 2.75) is 74.4 Å². The Labute approximate surface area is 166 Å². The molecule has 0 aromatic rings. The van der Waals surface area contributed by atoms with Gasteiger partial charge in [-0.3, -0.25) is 4.99 Å². The molecule has 2 unspecified atom stereocenters. The number of carbonyl (C=O) groups is 1. The topological polar surface area (TPSA) is 253 Å². The molecule has 2 rings (SSSR count). The zero-order chi connectivity index (χ0) is 19.8. The molecule has 28 heavy (non-hydrogen) atoms. The molecule has 166 valence electrons. The maximum absolute atomic E-state index is 10.8. The Morgan fingerprint density at radius 3 is 2.00 bits per heavy atom. The minimum absolute atomic E-state index is 0. The van der Waals surface area contributed by atoms with Crippen LogP contribution in [0.2, 0.25) is 0 Å². The Balaban J connectivity index is 0.00000364. The molecule has 0 aromatic heterocycles. The fraction of sp³-hybridized carbons (Fsp3) is 0.857. The number of ether oxygens (including phenoxy) is 2. The molecule has 0 amide bonds. The van der Waals surface area contributed by atoms with Crippen molar-refractivity contribution < 1.29 is 50.4 Å². The van der Waals surface area contributed by atoms with E-state index >= 15 is 0 Å². The first kappa shape index (κ1) is 26.9. The van der Waals surface area contributed by atoms with Gasteiger partial charge in [-0.05, 0) is 13.3 Å². The number of rotatable bonds is 3. The lowest BCUT2D eigenvalue weighted by molar-refractivity contribution is -0.293. The summed E-state index contributed by atoms with van der Waals surface area (Å²) in [6.45, 7) is 1.59. The number of nitrogens with zero attached hydrogens (tertiary/aromatic N) is 1. The van der Waals surface area contributed by atoms with Crippen molar-refractivity contribution in [3.05, 3.63) is 0 Å². The van der Waals surface area contributed by atoms with Crippen LogP contribution in [0, 0.1) is 0 Å². The quantitative estimate of drug-likeness (QED) is 0.154. The van der Waals surface area contributed by atoms with Gasteiger partial charge in [0.2, 0.25) is 5.84 Å². The van der Waals surface area contributed by atoms with Gasteiger partial charge in [-0.15, -0.1) is 12.4 Å². The largest absolute Gasteiger partial charge is 0.475 e. The summed E-state index contributed by atoms with van der Waals surface area (Å²) in [4.78, 5) is 14.6. The number of hydrogen-bond donors (Lipinski definition) is 8. The highest BCUT2D eigenvalue weighted by Gasteiger charge is 2.50. The number of aliphatic carboxylic acids is 1. The van der Waals surface area contributed by atoms with E-state index in [2.05, 4.69) is 4.99 Å². The molecule has 1 aliphatic heterocycles. The summed E-state index contributed by atoms with van der Waals surface area (Å²) in [5, 5.41) is 57.8. The third-order valence-electron chi connectivity index (χ3n) is 4.64. The Kier molecular flexibility index (Phi) is 10.2. The number of aliphatic hydroxyl groups is 5. The van der Waals surface area contributed by atoms with Crippen LogP contribution in [0.4, 0.5) is 0 Å². The predicted octanol–water partition coefficient (Wildman–Crippen LogP) is -4.94. The SMILES string of the molecule is C[C@H]1O[C@H](OC2[C@@H](O)[C@@H](O)C(O)[C@H](O)[C@H]2O)[C@@H](N)C[C@@H]1N=C(N)C(=O)O.Cl.O. The Bertz CT molecular complexity index is 539. The molecule has 1 saturated heterocycles. The first-order valence-electron chi connectivity index (χ1n) is 8.08.